The van der Waals surface area contributed by atoms with Gasteiger partial charge >= 0.3 is 5.97 Å². The average molecular weight is 293 g/mol. The number of ether oxygens (including phenoxy) is 1. The van der Waals surface area contributed by atoms with E-state index in [1.807, 2.05) is 13.8 Å². The lowest BCUT2D eigenvalue weighted by molar-refractivity contribution is -0.146. The zero-order chi connectivity index (χ0) is 13.7. The van der Waals surface area contributed by atoms with E-state index in [0.29, 0.717) is 18.8 Å². The van der Waals surface area contributed by atoms with Crippen LogP contribution in [0.1, 0.15) is 39.5 Å². The van der Waals surface area contributed by atoms with E-state index in [9.17, 15) is 9.59 Å². The molecule has 3 unspecified atom stereocenters. The Morgan fingerprint density at radius 2 is 2.00 bits per heavy atom. The highest BCUT2D eigenvalue weighted by Crippen LogP contribution is 2.24. The van der Waals surface area contributed by atoms with E-state index in [1.165, 1.54) is 7.11 Å². The van der Waals surface area contributed by atoms with Gasteiger partial charge in [-0.1, -0.05) is 13.8 Å². The Balaban J connectivity index is 0.00000324. The van der Waals surface area contributed by atoms with Gasteiger partial charge in [-0.3, -0.25) is 4.79 Å². The van der Waals surface area contributed by atoms with Crippen molar-refractivity contribution in [1.29, 1.82) is 0 Å². The third-order valence-electron chi connectivity index (χ3n) is 3.35. The lowest BCUT2D eigenvalue weighted by atomic mass is 10.0. The molecule has 3 atom stereocenters. The highest BCUT2D eigenvalue weighted by atomic mass is 35.5. The van der Waals surface area contributed by atoms with Crippen LogP contribution in [0.2, 0.25) is 0 Å². The molecule has 0 spiro atoms. The maximum atomic E-state index is 12.0. The van der Waals surface area contributed by atoms with Crippen LogP contribution in [0.25, 0.3) is 0 Å². The minimum Gasteiger partial charge on any atom is -0.467 e. The van der Waals surface area contributed by atoms with Crippen molar-refractivity contribution in [1.82, 2.24) is 5.32 Å². The van der Waals surface area contributed by atoms with Crippen LogP contribution in [0.5, 0.6) is 0 Å². The maximum Gasteiger partial charge on any atom is 0.328 e. The quantitative estimate of drug-likeness (QED) is 0.747. The Labute approximate surface area is 121 Å². The number of carbonyl (C=O) groups excluding carboxylic acids is 2. The molecule has 19 heavy (non-hydrogen) atoms. The first kappa shape index (κ1) is 18.2. The summed E-state index contributed by atoms with van der Waals surface area (Å²) in [4.78, 5) is 23.6. The fourth-order valence-corrected chi connectivity index (χ4v) is 2.37. The van der Waals surface area contributed by atoms with Gasteiger partial charge in [0.25, 0.3) is 0 Å². The zero-order valence-electron chi connectivity index (χ0n) is 11.8. The number of nitrogens with one attached hydrogen (secondary N) is 1. The van der Waals surface area contributed by atoms with E-state index in [0.717, 1.165) is 12.8 Å². The number of esters is 1. The normalized spacial score (nSPS) is 23.6. The van der Waals surface area contributed by atoms with Gasteiger partial charge in [0.1, 0.15) is 6.04 Å². The highest BCUT2D eigenvalue weighted by molar-refractivity contribution is 5.86. The molecule has 1 aliphatic carbocycles. The van der Waals surface area contributed by atoms with E-state index >= 15 is 0 Å². The summed E-state index contributed by atoms with van der Waals surface area (Å²) in [5.41, 5.74) is 5.79. The van der Waals surface area contributed by atoms with Gasteiger partial charge in [0.2, 0.25) is 5.91 Å². The predicted molar refractivity (Wildman–Crippen MR) is 76.0 cm³/mol. The molecule has 0 saturated heterocycles. The molecule has 0 bridgehead atoms. The number of nitrogens with two attached hydrogens (primary N) is 1. The Morgan fingerprint density at radius 1 is 1.37 bits per heavy atom. The fourth-order valence-electron chi connectivity index (χ4n) is 2.37. The smallest absolute Gasteiger partial charge is 0.328 e. The molecular formula is C13H25ClN2O3. The Hall–Kier alpha value is -0.810. The highest BCUT2D eigenvalue weighted by Gasteiger charge is 2.31. The monoisotopic (exact) mass is 292 g/mol. The standard InChI is InChI=1S/C13H24N2O3.ClH/c1-8(2)6-11(13(17)18-3)15-12(16)9-4-5-10(14)7-9;/h8-11H,4-7,14H2,1-3H3,(H,15,16);1H. The first-order valence-electron chi connectivity index (χ1n) is 6.57. The zero-order valence-corrected chi connectivity index (χ0v) is 12.7. The number of amides is 1. The average Bonchev–Trinajstić information content (AvgIpc) is 2.73. The summed E-state index contributed by atoms with van der Waals surface area (Å²) in [6, 6.07) is -0.429. The van der Waals surface area contributed by atoms with Crippen LogP contribution in [0.15, 0.2) is 0 Å². The summed E-state index contributed by atoms with van der Waals surface area (Å²) in [6.07, 6.45) is 2.99. The molecule has 0 aliphatic heterocycles. The SMILES string of the molecule is COC(=O)C(CC(C)C)NC(=O)C1CCC(N)C1.Cl. The van der Waals surface area contributed by atoms with Gasteiger partial charge in [0, 0.05) is 12.0 Å². The van der Waals surface area contributed by atoms with E-state index < -0.39 is 6.04 Å². The Bertz CT molecular complexity index is 310. The summed E-state index contributed by atoms with van der Waals surface area (Å²) >= 11 is 0. The third-order valence-corrected chi connectivity index (χ3v) is 3.35. The fraction of sp³-hybridized carbons (Fsp3) is 0.846. The molecule has 1 rings (SSSR count). The first-order chi connectivity index (χ1) is 8.43. The van der Waals surface area contributed by atoms with Crippen molar-refractivity contribution >= 4 is 24.3 Å². The molecule has 0 aromatic heterocycles. The van der Waals surface area contributed by atoms with Crippen LogP contribution < -0.4 is 11.1 Å². The van der Waals surface area contributed by atoms with Gasteiger partial charge in [-0.05, 0) is 31.6 Å². The van der Waals surface area contributed by atoms with Gasteiger partial charge in [-0.2, -0.15) is 0 Å². The van der Waals surface area contributed by atoms with Crippen molar-refractivity contribution in [3.8, 4) is 0 Å². The molecule has 1 saturated carbocycles. The predicted octanol–water partition coefficient (Wildman–Crippen LogP) is 1.24. The Morgan fingerprint density at radius 3 is 2.42 bits per heavy atom. The van der Waals surface area contributed by atoms with Crippen molar-refractivity contribution < 1.29 is 14.3 Å². The molecule has 1 fully saturated rings. The van der Waals surface area contributed by atoms with E-state index in [2.05, 4.69) is 5.32 Å². The molecule has 0 heterocycles. The van der Waals surface area contributed by atoms with Gasteiger partial charge in [0.05, 0.1) is 7.11 Å². The molecule has 6 heteroatoms. The van der Waals surface area contributed by atoms with Crippen molar-refractivity contribution in [2.24, 2.45) is 17.6 Å². The van der Waals surface area contributed by atoms with Crippen molar-refractivity contribution in [2.75, 3.05) is 7.11 Å². The van der Waals surface area contributed by atoms with Gasteiger partial charge in [-0.15, -0.1) is 12.4 Å². The molecule has 0 aromatic carbocycles. The van der Waals surface area contributed by atoms with Crippen molar-refractivity contribution in [2.45, 2.75) is 51.6 Å². The minimum atomic E-state index is -0.542. The second-order valence-corrected chi connectivity index (χ2v) is 5.48. The van der Waals surface area contributed by atoms with E-state index in [1.54, 1.807) is 0 Å². The molecule has 0 radical (unpaired) electrons. The molecular weight excluding hydrogens is 268 g/mol. The maximum absolute atomic E-state index is 12.0. The van der Waals surface area contributed by atoms with Gasteiger partial charge in [0.15, 0.2) is 0 Å². The molecule has 0 aromatic rings. The van der Waals surface area contributed by atoms with E-state index in [-0.39, 0.29) is 36.2 Å². The molecule has 112 valence electrons. The van der Waals surface area contributed by atoms with Crippen LogP contribution in [0.4, 0.5) is 0 Å². The van der Waals surface area contributed by atoms with Crippen LogP contribution in [-0.2, 0) is 14.3 Å². The second-order valence-electron chi connectivity index (χ2n) is 5.48. The van der Waals surface area contributed by atoms with Crippen LogP contribution in [-0.4, -0.2) is 31.1 Å². The minimum absolute atomic E-state index is 0. The molecule has 1 aliphatic rings. The largest absolute Gasteiger partial charge is 0.467 e. The summed E-state index contributed by atoms with van der Waals surface area (Å²) in [7, 11) is 1.34. The third kappa shape index (κ3) is 5.78. The van der Waals surface area contributed by atoms with Crippen LogP contribution in [0, 0.1) is 11.8 Å². The van der Waals surface area contributed by atoms with Crippen molar-refractivity contribution in [3.63, 3.8) is 0 Å². The van der Waals surface area contributed by atoms with Gasteiger partial charge in [-0.25, -0.2) is 4.79 Å². The van der Waals surface area contributed by atoms with E-state index in [4.69, 9.17) is 10.5 Å². The molecule has 5 nitrogen and oxygen atoms in total. The van der Waals surface area contributed by atoms with Crippen LogP contribution in [0.3, 0.4) is 0 Å². The number of hydrogen-bond acceptors (Lipinski definition) is 4. The summed E-state index contributed by atoms with van der Waals surface area (Å²) < 4.78 is 4.72. The molecule has 1 amide bonds. The lowest BCUT2D eigenvalue weighted by Crippen LogP contribution is -2.44. The second kappa shape index (κ2) is 8.38. The number of halogens is 1. The summed E-state index contributed by atoms with van der Waals surface area (Å²) in [5, 5.41) is 2.79. The topological polar surface area (TPSA) is 81.4 Å². The van der Waals surface area contributed by atoms with Crippen molar-refractivity contribution in [3.05, 3.63) is 0 Å². The number of rotatable bonds is 5. The van der Waals surface area contributed by atoms with Crippen LogP contribution >= 0.6 is 12.4 Å². The summed E-state index contributed by atoms with van der Waals surface area (Å²) in [5.74, 6) is -0.183. The first-order valence-corrected chi connectivity index (χ1v) is 6.57. The lowest BCUT2D eigenvalue weighted by Gasteiger charge is -2.20. The molecule has 3 N–H and O–H groups in total. The summed E-state index contributed by atoms with van der Waals surface area (Å²) in [6.45, 7) is 4.02. The Kier molecular flexibility index (Phi) is 8.02. The van der Waals surface area contributed by atoms with Gasteiger partial charge < -0.3 is 15.8 Å². The number of methoxy groups -OCH3 is 1. The number of carbonyl (C=O) groups is 2. The number of hydrogen-bond donors (Lipinski definition) is 2.